The van der Waals surface area contributed by atoms with Gasteiger partial charge in [0.1, 0.15) is 19.3 Å². The molecular weight excluding hydrogens is 580 g/mol. The van der Waals surface area contributed by atoms with Gasteiger partial charge in [-0.1, -0.05) is 17.7 Å². The van der Waals surface area contributed by atoms with Crippen LogP contribution >= 0.6 is 22.9 Å². The highest BCUT2D eigenvalue weighted by atomic mass is 35.5. The molecule has 41 heavy (non-hydrogen) atoms. The number of fused-ring (bicyclic) bond motifs is 5. The van der Waals surface area contributed by atoms with Gasteiger partial charge in [0.25, 0.3) is 5.91 Å². The van der Waals surface area contributed by atoms with Crippen LogP contribution in [0.3, 0.4) is 0 Å². The number of hydrogen-bond donors (Lipinski definition) is 1. The predicted molar refractivity (Wildman–Crippen MR) is 150 cm³/mol. The molecule has 1 atom stereocenters. The first kappa shape index (κ1) is 29.1. The molecule has 4 heterocycles. The van der Waals surface area contributed by atoms with Crippen LogP contribution in [0.4, 0.5) is 8.78 Å². The summed E-state index contributed by atoms with van der Waals surface area (Å²) in [5, 5.41) is 14.7. The van der Waals surface area contributed by atoms with Gasteiger partial charge < -0.3 is 24.2 Å². The Balaban J connectivity index is 1.85. The molecule has 1 N–H and O–H groups in total. The third-order valence-corrected chi connectivity index (χ3v) is 8.81. The van der Waals surface area contributed by atoms with Crippen LogP contribution in [0.5, 0.6) is 11.5 Å². The van der Waals surface area contributed by atoms with E-state index in [0.717, 1.165) is 12.1 Å². The van der Waals surface area contributed by atoms with E-state index in [0.29, 0.717) is 22.7 Å². The monoisotopic (exact) mass is 607 g/mol. The van der Waals surface area contributed by atoms with Gasteiger partial charge >= 0.3 is 0 Å². The minimum atomic E-state index is -1.18. The van der Waals surface area contributed by atoms with Crippen molar-refractivity contribution in [1.29, 1.82) is 0 Å². The fourth-order valence-corrected chi connectivity index (χ4v) is 6.62. The maximum atomic E-state index is 15.4. The number of carbonyl (C=O) groups excluding carboxylic acids is 1. The van der Waals surface area contributed by atoms with E-state index in [9.17, 15) is 19.1 Å². The van der Waals surface area contributed by atoms with E-state index in [2.05, 4.69) is 0 Å². The second-order valence-corrected chi connectivity index (χ2v) is 11.0. The molecule has 1 amide bonds. The van der Waals surface area contributed by atoms with Gasteiger partial charge in [0, 0.05) is 45.3 Å². The van der Waals surface area contributed by atoms with Crippen molar-refractivity contribution < 1.29 is 32.9 Å². The number of aromatic hydroxyl groups is 1. The molecule has 0 saturated carbocycles. The quantitative estimate of drug-likeness (QED) is 0.397. The van der Waals surface area contributed by atoms with Crippen molar-refractivity contribution in [2.24, 2.45) is 0 Å². The number of amides is 1. The molecule has 1 unspecified atom stereocenters. The van der Waals surface area contributed by atoms with E-state index in [4.69, 9.17) is 25.8 Å². The summed E-state index contributed by atoms with van der Waals surface area (Å²) >= 11 is 7.91. The Morgan fingerprint density at radius 1 is 1.15 bits per heavy atom. The van der Waals surface area contributed by atoms with Crippen molar-refractivity contribution in [1.82, 2.24) is 9.58 Å². The standard InChI is InChI=1S/C28H28ClF2N3O6S/c1-38-13-9-28(10-14-39-2)8-3-12-40-25-17(4-5-19(30)21(25)31)22(26-18(29)7-15-41-26)34-16-32(28)27(37)23-24(36)20(35)6-11-33(23)34/h3-8,11,15,22,36H,9-10,12-14,16H2,1-2H3/b8-3+. The zero-order valence-electron chi connectivity index (χ0n) is 22.3. The Morgan fingerprint density at radius 3 is 2.54 bits per heavy atom. The molecule has 218 valence electrons. The molecule has 1 aromatic carbocycles. The minimum absolute atomic E-state index is 0.0940. The Morgan fingerprint density at radius 2 is 1.88 bits per heavy atom. The lowest BCUT2D eigenvalue weighted by atomic mass is 9.88. The van der Waals surface area contributed by atoms with Gasteiger partial charge in [-0.2, -0.15) is 4.39 Å². The maximum absolute atomic E-state index is 15.4. The number of methoxy groups -OCH3 is 2. The van der Waals surface area contributed by atoms with Gasteiger partial charge in [-0.3, -0.25) is 19.3 Å². The predicted octanol–water partition coefficient (Wildman–Crippen LogP) is 4.45. The fraction of sp³-hybridized carbons (Fsp3) is 0.357. The highest BCUT2D eigenvalue weighted by Gasteiger charge is 2.46. The number of aromatic nitrogens is 1. The van der Waals surface area contributed by atoms with Gasteiger partial charge in [0.15, 0.2) is 23.0 Å². The van der Waals surface area contributed by atoms with Crippen molar-refractivity contribution >= 4 is 28.8 Å². The average molecular weight is 608 g/mol. The first-order chi connectivity index (χ1) is 19.7. The van der Waals surface area contributed by atoms with E-state index >= 15 is 4.39 Å². The zero-order valence-corrected chi connectivity index (χ0v) is 23.9. The highest BCUT2D eigenvalue weighted by Crippen LogP contribution is 2.44. The van der Waals surface area contributed by atoms with Crippen LogP contribution in [0.2, 0.25) is 5.02 Å². The summed E-state index contributed by atoms with van der Waals surface area (Å²) < 4.78 is 47.9. The van der Waals surface area contributed by atoms with Gasteiger partial charge in [-0.25, -0.2) is 4.39 Å². The number of thiophene rings is 1. The molecule has 2 aromatic heterocycles. The number of benzene rings is 1. The van der Waals surface area contributed by atoms with Gasteiger partial charge in [0.05, 0.1) is 15.4 Å². The Bertz CT molecular complexity index is 1540. The van der Waals surface area contributed by atoms with Gasteiger partial charge in [-0.15, -0.1) is 11.3 Å². The lowest BCUT2D eigenvalue weighted by Crippen LogP contribution is -2.63. The molecular formula is C28H28ClF2N3O6S. The SMILES string of the molecule is COCCC1(CCOC)/C=C/COc2c(ccc(F)c2F)C(c2sccc2Cl)N2CN1C(=O)c1c(O)c(=O)ccn12. The molecule has 0 saturated heterocycles. The smallest absolute Gasteiger partial charge is 0.278 e. The number of rotatable bonds is 7. The summed E-state index contributed by atoms with van der Waals surface area (Å²) in [6.07, 6.45) is 5.39. The number of ether oxygens (including phenoxy) is 3. The topological polar surface area (TPSA) is 93.5 Å². The molecule has 2 bridgehead atoms. The Labute approximate surface area is 243 Å². The van der Waals surface area contributed by atoms with Crippen molar-refractivity contribution in [3.05, 3.63) is 91.0 Å². The van der Waals surface area contributed by atoms with Crippen LogP contribution in [-0.2, 0) is 9.47 Å². The van der Waals surface area contributed by atoms with E-state index in [1.54, 1.807) is 28.6 Å². The molecule has 3 aromatic rings. The maximum Gasteiger partial charge on any atom is 0.278 e. The Hall–Kier alpha value is -3.45. The summed E-state index contributed by atoms with van der Waals surface area (Å²) in [7, 11) is 3.08. The minimum Gasteiger partial charge on any atom is -0.502 e. The van der Waals surface area contributed by atoms with Gasteiger partial charge in [-0.05, 0) is 42.5 Å². The largest absolute Gasteiger partial charge is 0.502 e. The molecule has 9 nitrogen and oxygen atoms in total. The zero-order chi connectivity index (χ0) is 29.3. The van der Waals surface area contributed by atoms with E-state index in [1.165, 1.54) is 47.4 Å². The van der Waals surface area contributed by atoms with Crippen LogP contribution < -0.4 is 15.2 Å². The summed E-state index contributed by atoms with van der Waals surface area (Å²) in [5.74, 6) is -3.93. The molecule has 5 rings (SSSR count). The van der Waals surface area contributed by atoms with Crippen LogP contribution in [0.25, 0.3) is 0 Å². The number of hydrogen-bond acceptors (Lipinski definition) is 8. The number of pyridine rings is 1. The van der Waals surface area contributed by atoms with Crippen molar-refractivity contribution in [3.63, 3.8) is 0 Å². The molecule has 13 heteroatoms. The van der Waals surface area contributed by atoms with Crippen molar-refractivity contribution in [2.45, 2.75) is 24.4 Å². The summed E-state index contributed by atoms with van der Waals surface area (Å²) in [6, 6.07) is 4.28. The number of nitrogens with zero attached hydrogens (tertiary/aromatic N) is 3. The number of halogens is 3. The third kappa shape index (κ3) is 5.09. The summed E-state index contributed by atoms with van der Waals surface area (Å²) in [4.78, 5) is 28.9. The molecule has 2 aliphatic heterocycles. The van der Waals surface area contributed by atoms with Crippen molar-refractivity contribution in [2.75, 3.05) is 45.7 Å². The fourth-order valence-electron chi connectivity index (χ4n) is 5.34. The molecule has 2 aliphatic rings. The van der Waals surface area contributed by atoms with Gasteiger partial charge in [0.2, 0.25) is 11.2 Å². The lowest BCUT2D eigenvalue weighted by molar-refractivity contribution is 0.0277. The first-order valence-electron chi connectivity index (χ1n) is 12.8. The van der Waals surface area contributed by atoms with Crippen LogP contribution in [0.1, 0.15) is 39.8 Å². The van der Waals surface area contributed by atoms with Crippen LogP contribution in [-0.4, -0.2) is 66.8 Å². The van der Waals surface area contributed by atoms with E-state index in [1.807, 2.05) is 0 Å². The summed E-state index contributed by atoms with van der Waals surface area (Å²) in [6.45, 7) is 0.278. The van der Waals surface area contributed by atoms with Crippen molar-refractivity contribution in [3.8, 4) is 11.5 Å². The van der Waals surface area contributed by atoms with E-state index in [-0.39, 0.29) is 43.5 Å². The average Bonchev–Trinajstić information content (AvgIpc) is 3.38. The molecule has 0 aliphatic carbocycles. The lowest BCUT2D eigenvalue weighted by Gasteiger charge is -2.50. The second-order valence-electron chi connectivity index (χ2n) is 9.65. The molecule has 0 spiro atoms. The second kappa shape index (κ2) is 11.8. The summed E-state index contributed by atoms with van der Waals surface area (Å²) in [5.41, 5.74) is -1.83. The number of carbonyl (C=O) groups is 1. The first-order valence-corrected chi connectivity index (χ1v) is 14.0. The van der Waals surface area contributed by atoms with Crippen LogP contribution in [0, 0.1) is 11.6 Å². The Kier molecular flexibility index (Phi) is 8.37. The normalized spacial score (nSPS) is 18.8. The highest BCUT2D eigenvalue weighted by molar-refractivity contribution is 7.10. The molecule has 0 radical (unpaired) electrons. The molecule has 0 fully saturated rings. The van der Waals surface area contributed by atoms with Crippen LogP contribution in [0.15, 0.2) is 52.8 Å². The third-order valence-electron chi connectivity index (χ3n) is 7.40. The van der Waals surface area contributed by atoms with E-state index < -0.39 is 40.3 Å².